The second-order valence-corrected chi connectivity index (χ2v) is 6.61. The molecule has 1 atom stereocenters. The van der Waals surface area contributed by atoms with E-state index in [0.717, 1.165) is 36.6 Å². The maximum absolute atomic E-state index is 12.6. The number of hydrogen-bond acceptors (Lipinski definition) is 3. The smallest absolute Gasteiger partial charge is 0.231 e. The molecule has 2 aromatic rings. The Morgan fingerprint density at radius 3 is 2.88 bits per heavy atom. The minimum Gasteiger partial charge on any atom is -0.454 e. The van der Waals surface area contributed by atoms with Gasteiger partial charge in [0, 0.05) is 24.0 Å². The van der Waals surface area contributed by atoms with E-state index in [1.54, 1.807) is 0 Å². The fraction of sp³-hybridized carbons (Fsp3) is 0.316. The van der Waals surface area contributed by atoms with Crippen molar-refractivity contribution in [3.05, 3.63) is 58.6 Å². The number of nitrogens with zero attached hydrogens (tertiary/aromatic N) is 1. The SMILES string of the molecule is O=C(Cc1ccccc1Cl)N1CC[C@@H](c2ccc3c(c2)OCO3)C1. The van der Waals surface area contributed by atoms with Crippen molar-refractivity contribution in [3.8, 4) is 11.5 Å². The van der Waals surface area contributed by atoms with Gasteiger partial charge >= 0.3 is 0 Å². The summed E-state index contributed by atoms with van der Waals surface area (Å²) in [7, 11) is 0. The molecule has 2 heterocycles. The molecule has 0 unspecified atom stereocenters. The summed E-state index contributed by atoms with van der Waals surface area (Å²) in [4.78, 5) is 14.5. The van der Waals surface area contributed by atoms with Crippen LogP contribution in [-0.2, 0) is 11.2 Å². The molecule has 24 heavy (non-hydrogen) atoms. The second-order valence-electron chi connectivity index (χ2n) is 6.21. The zero-order valence-corrected chi connectivity index (χ0v) is 14.0. The number of likely N-dealkylation sites (tertiary alicyclic amines) is 1. The first-order chi connectivity index (χ1) is 11.7. The molecule has 0 aliphatic carbocycles. The Morgan fingerprint density at radius 1 is 1.17 bits per heavy atom. The molecule has 1 saturated heterocycles. The molecule has 0 aromatic heterocycles. The zero-order valence-electron chi connectivity index (χ0n) is 13.2. The zero-order chi connectivity index (χ0) is 16.5. The molecule has 0 bridgehead atoms. The maximum atomic E-state index is 12.6. The third kappa shape index (κ3) is 2.94. The van der Waals surface area contributed by atoms with E-state index in [1.807, 2.05) is 41.3 Å². The number of fused-ring (bicyclic) bond motifs is 1. The van der Waals surface area contributed by atoms with Crippen LogP contribution >= 0.6 is 11.6 Å². The van der Waals surface area contributed by atoms with Crippen LogP contribution in [0.15, 0.2) is 42.5 Å². The summed E-state index contributed by atoms with van der Waals surface area (Å²) in [6.07, 6.45) is 1.32. The Hall–Kier alpha value is -2.20. The molecule has 2 aromatic carbocycles. The molecule has 0 radical (unpaired) electrons. The Balaban J connectivity index is 1.43. The van der Waals surface area contributed by atoms with Crippen LogP contribution in [0.4, 0.5) is 0 Å². The van der Waals surface area contributed by atoms with Crippen LogP contribution in [0.3, 0.4) is 0 Å². The summed E-state index contributed by atoms with van der Waals surface area (Å²) in [6, 6.07) is 13.6. The van der Waals surface area contributed by atoms with E-state index in [0.29, 0.717) is 17.4 Å². The highest BCUT2D eigenvalue weighted by atomic mass is 35.5. The van der Waals surface area contributed by atoms with Crippen molar-refractivity contribution in [1.82, 2.24) is 4.90 Å². The van der Waals surface area contributed by atoms with Crippen molar-refractivity contribution in [3.63, 3.8) is 0 Å². The lowest BCUT2D eigenvalue weighted by atomic mass is 9.98. The molecule has 2 aliphatic rings. The number of ether oxygens (including phenoxy) is 2. The average Bonchev–Trinajstić information content (AvgIpc) is 3.25. The highest BCUT2D eigenvalue weighted by Crippen LogP contribution is 2.37. The topological polar surface area (TPSA) is 38.8 Å². The van der Waals surface area contributed by atoms with Crippen LogP contribution in [-0.4, -0.2) is 30.7 Å². The average molecular weight is 344 g/mol. The largest absolute Gasteiger partial charge is 0.454 e. The first-order valence-corrected chi connectivity index (χ1v) is 8.49. The van der Waals surface area contributed by atoms with Crippen LogP contribution < -0.4 is 9.47 Å². The van der Waals surface area contributed by atoms with Gasteiger partial charge in [0.15, 0.2) is 11.5 Å². The maximum Gasteiger partial charge on any atom is 0.231 e. The molecule has 2 aliphatic heterocycles. The Kier molecular flexibility index (Phi) is 4.07. The lowest BCUT2D eigenvalue weighted by Crippen LogP contribution is -2.29. The molecule has 4 nitrogen and oxygen atoms in total. The van der Waals surface area contributed by atoms with E-state index in [1.165, 1.54) is 5.56 Å². The lowest BCUT2D eigenvalue weighted by molar-refractivity contribution is -0.129. The van der Waals surface area contributed by atoms with Crippen LogP contribution in [0, 0.1) is 0 Å². The van der Waals surface area contributed by atoms with Gasteiger partial charge < -0.3 is 14.4 Å². The van der Waals surface area contributed by atoms with Crippen LogP contribution in [0.5, 0.6) is 11.5 Å². The molecule has 5 heteroatoms. The molecule has 0 N–H and O–H groups in total. The minimum absolute atomic E-state index is 0.131. The second kappa shape index (κ2) is 6.36. The van der Waals surface area contributed by atoms with Gasteiger partial charge in [-0.15, -0.1) is 0 Å². The summed E-state index contributed by atoms with van der Waals surface area (Å²) in [5.74, 6) is 2.07. The Bertz CT molecular complexity index is 777. The number of halogens is 1. The van der Waals surface area contributed by atoms with E-state index < -0.39 is 0 Å². The summed E-state index contributed by atoms with van der Waals surface area (Å²) in [5, 5.41) is 0.650. The standard InChI is InChI=1S/C19H18ClNO3/c20-16-4-2-1-3-14(16)10-19(22)21-8-7-15(11-21)13-5-6-17-18(9-13)24-12-23-17/h1-6,9,15H,7-8,10-12H2/t15-/m1/s1. The number of benzene rings is 2. The van der Waals surface area contributed by atoms with Crippen LogP contribution in [0.2, 0.25) is 5.02 Å². The molecule has 1 fully saturated rings. The highest BCUT2D eigenvalue weighted by Gasteiger charge is 2.28. The summed E-state index contributed by atoms with van der Waals surface area (Å²) < 4.78 is 10.8. The quantitative estimate of drug-likeness (QED) is 0.854. The predicted molar refractivity (Wildman–Crippen MR) is 91.7 cm³/mol. The molecule has 1 amide bonds. The lowest BCUT2D eigenvalue weighted by Gasteiger charge is -2.17. The van der Waals surface area contributed by atoms with Gasteiger partial charge in [-0.25, -0.2) is 0 Å². The van der Waals surface area contributed by atoms with Crippen molar-refractivity contribution in [2.75, 3.05) is 19.9 Å². The van der Waals surface area contributed by atoms with E-state index in [2.05, 4.69) is 6.07 Å². The number of hydrogen-bond donors (Lipinski definition) is 0. The monoisotopic (exact) mass is 343 g/mol. The van der Waals surface area contributed by atoms with E-state index in [-0.39, 0.29) is 12.7 Å². The number of rotatable bonds is 3. The molecule has 4 rings (SSSR count). The summed E-state index contributed by atoms with van der Waals surface area (Å²) in [6.45, 7) is 1.80. The van der Waals surface area contributed by atoms with Crippen molar-refractivity contribution < 1.29 is 14.3 Å². The molecular weight excluding hydrogens is 326 g/mol. The number of carbonyl (C=O) groups excluding carboxylic acids is 1. The normalized spacial score (nSPS) is 18.9. The van der Waals surface area contributed by atoms with Crippen molar-refractivity contribution in [1.29, 1.82) is 0 Å². The Morgan fingerprint density at radius 2 is 2.00 bits per heavy atom. The fourth-order valence-corrected chi connectivity index (χ4v) is 3.54. The fourth-order valence-electron chi connectivity index (χ4n) is 3.34. The van der Waals surface area contributed by atoms with Gasteiger partial charge in [-0.3, -0.25) is 4.79 Å². The van der Waals surface area contributed by atoms with Crippen LogP contribution in [0.1, 0.15) is 23.5 Å². The van der Waals surface area contributed by atoms with E-state index in [9.17, 15) is 4.79 Å². The minimum atomic E-state index is 0.131. The molecule has 0 spiro atoms. The number of carbonyl (C=O) groups is 1. The number of amides is 1. The van der Waals surface area contributed by atoms with E-state index in [4.69, 9.17) is 21.1 Å². The van der Waals surface area contributed by atoms with Gasteiger partial charge in [0.05, 0.1) is 6.42 Å². The van der Waals surface area contributed by atoms with Crippen LogP contribution in [0.25, 0.3) is 0 Å². The Labute approximate surface area is 145 Å². The molecule has 0 saturated carbocycles. The predicted octanol–water partition coefficient (Wildman–Crippen LogP) is 3.63. The van der Waals surface area contributed by atoms with Crippen molar-refractivity contribution >= 4 is 17.5 Å². The van der Waals surface area contributed by atoms with Gasteiger partial charge in [0.2, 0.25) is 12.7 Å². The van der Waals surface area contributed by atoms with Crippen molar-refractivity contribution in [2.24, 2.45) is 0 Å². The summed E-state index contributed by atoms with van der Waals surface area (Å²) >= 11 is 6.16. The first-order valence-electron chi connectivity index (χ1n) is 8.11. The first kappa shape index (κ1) is 15.3. The third-order valence-corrected chi connectivity index (χ3v) is 5.08. The molecular formula is C19H18ClNO3. The van der Waals surface area contributed by atoms with Crippen molar-refractivity contribution in [2.45, 2.75) is 18.8 Å². The van der Waals surface area contributed by atoms with Gasteiger partial charge in [-0.2, -0.15) is 0 Å². The summed E-state index contributed by atoms with van der Waals surface area (Å²) in [5.41, 5.74) is 2.09. The van der Waals surface area contributed by atoms with Gasteiger partial charge in [-0.1, -0.05) is 35.9 Å². The molecule has 124 valence electrons. The van der Waals surface area contributed by atoms with Gasteiger partial charge in [0.1, 0.15) is 0 Å². The van der Waals surface area contributed by atoms with Gasteiger partial charge in [0.25, 0.3) is 0 Å². The third-order valence-electron chi connectivity index (χ3n) is 4.71. The van der Waals surface area contributed by atoms with E-state index >= 15 is 0 Å². The highest BCUT2D eigenvalue weighted by molar-refractivity contribution is 6.31. The van der Waals surface area contributed by atoms with Gasteiger partial charge in [-0.05, 0) is 35.7 Å².